The SMILES string of the molecule is COc1ccc(S(=O)(=O)N2CCN(c3cc(C)ccc3C)CC2)c2ccccc12. The molecule has 4 rings (SSSR count). The molecule has 0 amide bonds. The number of nitrogens with zero attached hydrogens (tertiary/aromatic N) is 2. The van der Waals surface area contributed by atoms with Crippen molar-refractivity contribution in [3.05, 3.63) is 65.7 Å². The van der Waals surface area contributed by atoms with Gasteiger partial charge >= 0.3 is 0 Å². The fraction of sp³-hybridized carbons (Fsp3) is 0.304. The Morgan fingerprint density at radius 3 is 2.24 bits per heavy atom. The molecule has 29 heavy (non-hydrogen) atoms. The Bertz CT molecular complexity index is 1150. The molecule has 3 aromatic rings. The summed E-state index contributed by atoms with van der Waals surface area (Å²) in [7, 11) is -1.99. The molecule has 0 aliphatic carbocycles. The van der Waals surface area contributed by atoms with Gasteiger partial charge in [-0.3, -0.25) is 0 Å². The van der Waals surface area contributed by atoms with E-state index in [1.54, 1.807) is 23.5 Å². The van der Waals surface area contributed by atoms with Crippen LogP contribution in [0.25, 0.3) is 10.8 Å². The number of piperazine rings is 1. The highest BCUT2D eigenvalue weighted by molar-refractivity contribution is 7.89. The molecule has 0 atom stereocenters. The van der Waals surface area contributed by atoms with Crippen LogP contribution in [0.1, 0.15) is 11.1 Å². The third kappa shape index (κ3) is 3.58. The molecule has 0 aromatic heterocycles. The van der Waals surface area contributed by atoms with Gasteiger partial charge in [-0.05, 0) is 43.2 Å². The van der Waals surface area contributed by atoms with Crippen molar-refractivity contribution in [2.24, 2.45) is 0 Å². The van der Waals surface area contributed by atoms with E-state index in [2.05, 4.69) is 36.9 Å². The standard InChI is InChI=1S/C23H26N2O3S/c1-17-8-9-18(2)21(16-17)24-12-14-25(15-13-24)29(26,27)23-11-10-22(28-3)19-6-4-5-7-20(19)23/h4-11,16H,12-15H2,1-3H3. The normalized spacial score (nSPS) is 15.6. The highest BCUT2D eigenvalue weighted by Gasteiger charge is 2.30. The van der Waals surface area contributed by atoms with Crippen molar-refractivity contribution in [3.8, 4) is 5.75 Å². The summed E-state index contributed by atoms with van der Waals surface area (Å²) in [5, 5.41) is 1.51. The van der Waals surface area contributed by atoms with E-state index in [4.69, 9.17) is 4.74 Å². The first-order valence-electron chi connectivity index (χ1n) is 9.80. The van der Waals surface area contributed by atoms with E-state index in [0.29, 0.717) is 42.2 Å². The van der Waals surface area contributed by atoms with Crippen LogP contribution >= 0.6 is 0 Å². The highest BCUT2D eigenvalue weighted by Crippen LogP contribution is 2.33. The maximum atomic E-state index is 13.4. The van der Waals surface area contributed by atoms with Crippen molar-refractivity contribution in [2.75, 3.05) is 38.2 Å². The van der Waals surface area contributed by atoms with E-state index < -0.39 is 10.0 Å². The molecule has 1 heterocycles. The second-order valence-corrected chi connectivity index (χ2v) is 9.40. The van der Waals surface area contributed by atoms with Crippen molar-refractivity contribution in [1.29, 1.82) is 0 Å². The number of ether oxygens (including phenoxy) is 1. The van der Waals surface area contributed by atoms with Crippen LogP contribution < -0.4 is 9.64 Å². The lowest BCUT2D eigenvalue weighted by atomic mass is 10.1. The number of sulfonamides is 1. The molecule has 0 spiro atoms. The number of hydrogen-bond donors (Lipinski definition) is 0. The van der Waals surface area contributed by atoms with Crippen LogP contribution in [0.15, 0.2) is 59.5 Å². The van der Waals surface area contributed by atoms with Gasteiger partial charge in [-0.2, -0.15) is 4.31 Å². The Morgan fingerprint density at radius 1 is 0.862 bits per heavy atom. The van der Waals surface area contributed by atoms with Crippen molar-refractivity contribution < 1.29 is 13.2 Å². The fourth-order valence-electron chi connectivity index (χ4n) is 4.02. The molecule has 3 aromatic carbocycles. The number of methoxy groups -OCH3 is 1. The molecule has 6 heteroatoms. The number of benzene rings is 3. The summed E-state index contributed by atoms with van der Waals surface area (Å²) in [4.78, 5) is 2.62. The summed E-state index contributed by atoms with van der Waals surface area (Å²) < 4.78 is 33.9. The molecule has 0 N–H and O–H groups in total. The number of fused-ring (bicyclic) bond motifs is 1. The average molecular weight is 411 g/mol. The Kier molecular flexibility index (Phi) is 5.23. The van der Waals surface area contributed by atoms with Gasteiger partial charge in [-0.15, -0.1) is 0 Å². The van der Waals surface area contributed by atoms with Crippen LogP contribution in [0.3, 0.4) is 0 Å². The molecule has 152 valence electrons. The Morgan fingerprint density at radius 2 is 1.55 bits per heavy atom. The third-order valence-electron chi connectivity index (χ3n) is 5.63. The molecule has 1 fully saturated rings. The maximum absolute atomic E-state index is 13.4. The minimum atomic E-state index is -3.59. The summed E-state index contributed by atoms with van der Waals surface area (Å²) in [6, 6.07) is 17.3. The molecule has 0 bridgehead atoms. The number of hydrogen-bond acceptors (Lipinski definition) is 4. The van der Waals surface area contributed by atoms with Gasteiger partial charge in [0, 0.05) is 42.6 Å². The largest absolute Gasteiger partial charge is 0.496 e. The maximum Gasteiger partial charge on any atom is 0.243 e. The Hall–Kier alpha value is -2.57. The zero-order valence-corrected chi connectivity index (χ0v) is 17.9. The molecule has 1 aliphatic heterocycles. The monoisotopic (exact) mass is 410 g/mol. The smallest absolute Gasteiger partial charge is 0.243 e. The lowest BCUT2D eigenvalue weighted by molar-refractivity contribution is 0.385. The Labute approximate surface area is 172 Å². The first kappa shape index (κ1) is 19.7. The summed E-state index contributed by atoms with van der Waals surface area (Å²) in [5.41, 5.74) is 3.62. The summed E-state index contributed by atoms with van der Waals surface area (Å²) in [6.07, 6.45) is 0. The van der Waals surface area contributed by atoms with Crippen LogP contribution in [-0.2, 0) is 10.0 Å². The van der Waals surface area contributed by atoms with Gasteiger partial charge in [0.2, 0.25) is 10.0 Å². The van der Waals surface area contributed by atoms with E-state index in [1.807, 2.05) is 24.3 Å². The van der Waals surface area contributed by atoms with Crippen LogP contribution in [0.2, 0.25) is 0 Å². The summed E-state index contributed by atoms with van der Waals surface area (Å²) in [6.45, 7) is 6.47. The molecular formula is C23H26N2O3S. The highest BCUT2D eigenvalue weighted by atomic mass is 32.2. The van der Waals surface area contributed by atoms with Crippen LogP contribution in [0, 0.1) is 13.8 Å². The predicted octanol–water partition coefficient (Wildman–Crippen LogP) is 3.98. The van der Waals surface area contributed by atoms with Gasteiger partial charge in [0.25, 0.3) is 0 Å². The van der Waals surface area contributed by atoms with Crippen LogP contribution in [0.4, 0.5) is 5.69 Å². The minimum Gasteiger partial charge on any atom is -0.496 e. The third-order valence-corrected chi connectivity index (χ3v) is 7.58. The zero-order chi connectivity index (χ0) is 20.6. The van der Waals surface area contributed by atoms with Gasteiger partial charge < -0.3 is 9.64 Å². The average Bonchev–Trinajstić information content (AvgIpc) is 2.74. The van der Waals surface area contributed by atoms with Crippen molar-refractivity contribution in [1.82, 2.24) is 4.31 Å². The lowest BCUT2D eigenvalue weighted by Crippen LogP contribution is -2.48. The molecular weight excluding hydrogens is 384 g/mol. The van der Waals surface area contributed by atoms with Crippen molar-refractivity contribution in [3.63, 3.8) is 0 Å². The van der Waals surface area contributed by atoms with E-state index in [0.717, 1.165) is 5.39 Å². The molecule has 0 saturated carbocycles. The second kappa shape index (κ2) is 7.69. The van der Waals surface area contributed by atoms with Crippen molar-refractivity contribution >= 4 is 26.5 Å². The van der Waals surface area contributed by atoms with Gasteiger partial charge in [-0.25, -0.2) is 8.42 Å². The fourth-order valence-corrected chi connectivity index (χ4v) is 5.63. The van der Waals surface area contributed by atoms with E-state index in [-0.39, 0.29) is 0 Å². The van der Waals surface area contributed by atoms with Gasteiger partial charge in [0.05, 0.1) is 12.0 Å². The minimum absolute atomic E-state index is 0.342. The topological polar surface area (TPSA) is 49.9 Å². The molecule has 5 nitrogen and oxygen atoms in total. The number of rotatable bonds is 4. The van der Waals surface area contributed by atoms with Crippen LogP contribution in [0.5, 0.6) is 5.75 Å². The number of aryl methyl sites for hydroxylation is 2. The molecule has 1 saturated heterocycles. The van der Waals surface area contributed by atoms with E-state index in [9.17, 15) is 8.42 Å². The molecule has 1 aliphatic rings. The molecule has 0 unspecified atom stereocenters. The molecule has 0 radical (unpaired) electrons. The number of anilines is 1. The van der Waals surface area contributed by atoms with Crippen LogP contribution in [-0.4, -0.2) is 46.0 Å². The van der Waals surface area contributed by atoms with Gasteiger partial charge in [0.1, 0.15) is 5.75 Å². The van der Waals surface area contributed by atoms with Crippen molar-refractivity contribution in [2.45, 2.75) is 18.7 Å². The second-order valence-electron chi connectivity index (χ2n) is 7.49. The predicted molar refractivity (Wildman–Crippen MR) is 117 cm³/mol. The summed E-state index contributed by atoms with van der Waals surface area (Å²) in [5.74, 6) is 0.680. The first-order chi connectivity index (χ1) is 13.9. The van der Waals surface area contributed by atoms with E-state index >= 15 is 0 Å². The Balaban J connectivity index is 1.62. The van der Waals surface area contributed by atoms with Gasteiger partial charge in [-0.1, -0.05) is 36.4 Å². The van der Waals surface area contributed by atoms with Gasteiger partial charge in [0.15, 0.2) is 0 Å². The zero-order valence-electron chi connectivity index (χ0n) is 17.1. The first-order valence-corrected chi connectivity index (χ1v) is 11.2. The quantitative estimate of drug-likeness (QED) is 0.653. The summed E-state index contributed by atoms with van der Waals surface area (Å²) >= 11 is 0. The van der Waals surface area contributed by atoms with E-state index in [1.165, 1.54) is 16.8 Å². The lowest BCUT2D eigenvalue weighted by Gasteiger charge is -2.36.